The molecule has 0 spiro atoms. The normalized spacial score (nSPS) is 14.7. The van der Waals surface area contributed by atoms with Gasteiger partial charge in [0.25, 0.3) is 0 Å². The molecular weight excluding hydrogens is 190 g/mol. The molecule has 4 nitrogen and oxygen atoms in total. The summed E-state index contributed by atoms with van der Waals surface area (Å²) in [6.45, 7) is 3.85. The molecule has 84 valence electrons. The molecule has 0 saturated carbocycles. The van der Waals surface area contributed by atoms with Crippen LogP contribution in [0, 0.1) is 0 Å². The minimum atomic E-state index is -0.375. The first kappa shape index (κ1) is 11.9. The van der Waals surface area contributed by atoms with E-state index in [2.05, 4.69) is 16.9 Å². The minimum Gasteiger partial charge on any atom is -0.393 e. The maximum absolute atomic E-state index is 9.62. The Morgan fingerprint density at radius 3 is 2.60 bits per heavy atom. The van der Waals surface area contributed by atoms with E-state index in [1.54, 1.807) is 13.1 Å². The van der Waals surface area contributed by atoms with Crippen molar-refractivity contribution in [2.45, 2.75) is 32.3 Å². The number of aliphatic hydroxyl groups is 1. The van der Waals surface area contributed by atoms with Crippen molar-refractivity contribution in [1.82, 2.24) is 9.97 Å². The van der Waals surface area contributed by atoms with E-state index in [0.29, 0.717) is 5.95 Å². The van der Waals surface area contributed by atoms with E-state index < -0.39 is 0 Å². The van der Waals surface area contributed by atoms with E-state index in [-0.39, 0.29) is 12.0 Å². The molecule has 0 bridgehead atoms. The zero-order valence-corrected chi connectivity index (χ0v) is 9.81. The predicted octanol–water partition coefficient (Wildman–Crippen LogP) is 1.42. The Balaban J connectivity index is 2.98. The van der Waals surface area contributed by atoms with Crippen molar-refractivity contribution < 1.29 is 5.11 Å². The quantitative estimate of drug-likeness (QED) is 0.814. The summed E-state index contributed by atoms with van der Waals surface area (Å²) in [6, 6.07) is 1.87. The molecule has 0 amide bonds. The van der Waals surface area contributed by atoms with Gasteiger partial charge in [0.05, 0.1) is 11.8 Å². The van der Waals surface area contributed by atoms with Crippen molar-refractivity contribution in [2.24, 2.45) is 0 Å². The second kappa shape index (κ2) is 5.07. The summed E-state index contributed by atoms with van der Waals surface area (Å²) >= 11 is 0. The zero-order valence-electron chi connectivity index (χ0n) is 9.81. The molecular formula is C11H19N3O. The van der Waals surface area contributed by atoms with Crippen LogP contribution in [-0.2, 0) is 0 Å². The first-order valence-electron chi connectivity index (χ1n) is 5.24. The first-order chi connectivity index (χ1) is 7.06. The van der Waals surface area contributed by atoms with Crippen LogP contribution in [0.15, 0.2) is 12.3 Å². The number of aliphatic hydroxyl groups excluding tert-OH is 1. The molecule has 4 heteroatoms. The molecule has 1 aromatic heterocycles. The molecule has 15 heavy (non-hydrogen) atoms. The maximum Gasteiger partial charge on any atom is 0.224 e. The Morgan fingerprint density at radius 2 is 2.13 bits per heavy atom. The fraction of sp³-hybridized carbons (Fsp3) is 0.636. The van der Waals surface area contributed by atoms with E-state index >= 15 is 0 Å². The third kappa shape index (κ3) is 2.89. The van der Waals surface area contributed by atoms with Crippen LogP contribution >= 0.6 is 0 Å². The topological polar surface area (TPSA) is 49.2 Å². The molecule has 1 heterocycles. The number of anilines is 1. The van der Waals surface area contributed by atoms with Crippen molar-refractivity contribution in [2.75, 3.05) is 19.0 Å². The van der Waals surface area contributed by atoms with Gasteiger partial charge < -0.3 is 10.0 Å². The smallest absolute Gasteiger partial charge is 0.224 e. The van der Waals surface area contributed by atoms with Gasteiger partial charge in [0.1, 0.15) is 0 Å². The van der Waals surface area contributed by atoms with Gasteiger partial charge in [-0.1, -0.05) is 6.92 Å². The van der Waals surface area contributed by atoms with Gasteiger partial charge in [-0.2, -0.15) is 0 Å². The van der Waals surface area contributed by atoms with Crippen molar-refractivity contribution in [3.05, 3.63) is 18.0 Å². The Kier molecular flexibility index (Phi) is 4.03. The van der Waals surface area contributed by atoms with Gasteiger partial charge >= 0.3 is 0 Å². The lowest BCUT2D eigenvalue weighted by molar-refractivity contribution is 0.158. The molecule has 2 atom stereocenters. The summed E-state index contributed by atoms with van der Waals surface area (Å²) in [7, 11) is 3.81. The number of hydrogen-bond donors (Lipinski definition) is 1. The van der Waals surface area contributed by atoms with Gasteiger partial charge in [0.15, 0.2) is 0 Å². The van der Waals surface area contributed by atoms with Gasteiger partial charge in [-0.25, -0.2) is 9.97 Å². The summed E-state index contributed by atoms with van der Waals surface area (Å²) in [4.78, 5) is 10.4. The van der Waals surface area contributed by atoms with Crippen molar-refractivity contribution in [3.63, 3.8) is 0 Å². The number of nitrogens with zero attached hydrogens (tertiary/aromatic N) is 3. The lowest BCUT2D eigenvalue weighted by atomic mass is 9.97. The van der Waals surface area contributed by atoms with Crippen LogP contribution in [0.5, 0.6) is 0 Å². The molecule has 0 fully saturated rings. The van der Waals surface area contributed by atoms with E-state index in [1.807, 2.05) is 25.1 Å². The first-order valence-corrected chi connectivity index (χ1v) is 5.24. The molecule has 0 saturated heterocycles. The molecule has 0 aliphatic carbocycles. The molecule has 2 unspecified atom stereocenters. The van der Waals surface area contributed by atoms with Crippen molar-refractivity contribution in [1.29, 1.82) is 0 Å². The van der Waals surface area contributed by atoms with E-state index in [4.69, 9.17) is 0 Å². The van der Waals surface area contributed by atoms with Crippen molar-refractivity contribution >= 4 is 5.95 Å². The Morgan fingerprint density at radius 1 is 1.47 bits per heavy atom. The highest BCUT2D eigenvalue weighted by Gasteiger charge is 2.17. The molecule has 1 N–H and O–H groups in total. The summed E-state index contributed by atoms with van der Waals surface area (Å²) in [6.07, 6.45) is 2.24. The van der Waals surface area contributed by atoms with Crippen LogP contribution in [0.1, 0.15) is 31.9 Å². The van der Waals surface area contributed by atoms with Gasteiger partial charge in [0.2, 0.25) is 5.95 Å². The lowest BCUT2D eigenvalue weighted by Gasteiger charge is -2.19. The second-order valence-corrected chi connectivity index (χ2v) is 3.93. The van der Waals surface area contributed by atoms with E-state index in [1.165, 1.54) is 0 Å². The third-order valence-corrected chi connectivity index (χ3v) is 2.47. The van der Waals surface area contributed by atoms with Gasteiger partial charge in [-0.05, 0) is 19.4 Å². The van der Waals surface area contributed by atoms with Crippen LogP contribution in [0.4, 0.5) is 5.95 Å². The van der Waals surface area contributed by atoms with Crippen LogP contribution < -0.4 is 4.90 Å². The Labute approximate surface area is 91.0 Å². The minimum absolute atomic E-state index is 0.0895. The van der Waals surface area contributed by atoms with E-state index in [0.717, 1.165) is 12.1 Å². The highest BCUT2D eigenvalue weighted by Crippen LogP contribution is 2.22. The Bertz CT molecular complexity index is 312. The van der Waals surface area contributed by atoms with Gasteiger partial charge in [0, 0.05) is 26.2 Å². The highest BCUT2D eigenvalue weighted by molar-refractivity contribution is 5.28. The summed E-state index contributed by atoms with van der Waals surface area (Å²) < 4.78 is 0. The number of aromatic nitrogens is 2. The average molecular weight is 209 g/mol. The molecule has 1 rings (SSSR count). The second-order valence-electron chi connectivity index (χ2n) is 3.93. The Hall–Kier alpha value is -1.16. The number of hydrogen-bond acceptors (Lipinski definition) is 4. The fourth-order valence-electron chi connectivity index (χ4n) is 1.58. The highest BCUT2D eigenvalue weighted by atomic mass is 16.3. The SMILES string of the molecule is CCC(c1ccnc(N(C)C)n1)C(C)O. The van der Waals surface area contributed by atoms with Crippen LogP contribution in [-0.4, -0.2) is 35.3 Å². The third-order valence-electron chi connectivity index (χ3n) is 2.47. The predicted molar refractivity (Wildman–Crippen MR) is 61.1 cm³/mol. The van der Waals surface area contributed by atoms with Crippen molar-refractivity contribution in [3.8, 4) is 0 Å². The molecule has 1 aromatic rings. The standard InChI is InChI=1S/C11H19N3O/c1-5-9(8(2)15)10-6-7-12-11(13-10)14(3)4/h6-9,15H,5H2,1-4H3. The molecule has 0 aliphatic heterocycles. The van der Waals surface area contributed by atoms with E-state index in [9.17, 15) is 5.11 Å². The maximum atomic E-state index is 9.62. The zero-order chi connectivity index (χ0) is 11.4. The summed E-state index contributed by atoms with van der Waals surface area (Å²) in [5.41, 5.74) is 0.909. The lowest BCUT2D eigenvalue weighted by Crippen LogP contribution is -2.18. The fourth-order valence-corrected chi connectivity index (χ4v) is 1.58. The van der Waals surface area contributed by atoms with Gasteiger partial charge in [-0.3, -0.25) is 0 Å². The number of rotatable bonds is 4. The molecule has 0 radical (unpaired) electrons. The molecule has 0 aromatic carbocycles. The monoisotopic (exact) mass is 209 g/mol. The largest absolute Gasteiger partial charge is 0.393 e. The van der Waals surface area contributed by atoms with Crippen LogP contribution in [0.3, 0.4) is 0 Å². The van der Waals surface area contributed by atoms with Crippen LogP contribution in [0.2, 0.25) is 0 Å². The molecule has 0 aliphatic rings. The van der Waals surface area contributed by atoms with Crippen LogP contribution in [0.25, 0.3) is 0 Å². The summed E-state index contributed by atoms with van der Waals surface area (Å²) in [5, 5.41) is 9.62. The summed E-state index contributed by atoms with van der Waals surface area (Å²) in [5.74, 6) is 0.776. The van der Waals surface area contributed by atoms with Gasteiger partial charge in [-0.15, -0.1) is 0 Å². The average Bonchev–Trinajstić information content (AvgIpc) is 2.18.